The van der Waals surface area contributed by atoms with Crippen molar-refractivity contribution >= 4 is 27.3 Å². The lowest BCUT2D eigenvalue weighted by atomic mass is 9.93. The van der Waals surface area contributed by atoms with Crippen molar-refractivity contribution in [2.45, 2.75) is 25.3 Å². The highest BCUT2D eigenvalue weighted by Crippen LogP contribution is 2.30. The van der Waals surface area contributed by atoms with E-state index < -0.39 is 0 Å². The topological polar surface area (TPSA) is 38.0 Å². The molecule has 1 aliphatic rings. The van der Waals surface area contributed by atoms with E-state index >= 15 is 0 Å². The highest BCUT2D eigenvalue weighted by atomic mass is 79.9. The maximum absolute atomic E-state index is 13.2. The molecule has 3 N–H and O–H groups in total. The van der Waals surface area contributed by atoms with Crippen molar-refractivity contribution in [2.24, 2.45) is 0 Å². The Kier molecular flexibility index (Phi) is 2.63. The van der Waals surface area contributed by atoms with Crippen LogP contribution in [0.3, 0.4) is 0 Å². The van der Waals surface area contributed by atoms with E-state index in [2.05, 4.69) is 21.2 Å². The van der Waals surface area contributed by atoms with Gasteiger partial charge >= 0.3 is 0 Å². The summed E-state index contributed by atoms with van der Waals surface area (Å²) in [5.41, 5.74) is 6.52. The summed E-state index contributed by atoms with van der Waals surface area (Å²) in [6.45, 7) is 0. The zero-order chi connectivity index (χ0) is 10.1. The molecule has 1 aliphatic carbocycles. The third kappa shape index (κ3) is 1.85. The summed E-state index contributed by atoms with van der Waals surface area (Å²) < 4.78 is 13.9. The normalized spacial score (nSPS) is 16.4. The Morgan fingerprint density at radius 1 is 1.43 bits per heavy atom. The van der Waals surface area contributed by atoms with Gasteiger partial charge in [-0.3, -0.25) is 0 Å². The van der Waals surface area contributed by atoms with Crippen LogP contribution in [-0.4, -0.2) is 6.04 Å². The lowest BCUT2D eigenvalue weighted by molar-refractivity contribution is 0.445. The fourth-order valence-corrected chi connectivity index (χ4v) is 1.91. The van der Waals surface area contributed by atoms with Crippen LogP contribution in [0.4, 0.5) is 15.8 Å². The van der Waals surface area contributed by atoms with Crippen LogP contribution in [0.25, 0.3) is 0 Å². The molecule has 1 fully saturated rings. The van der Waals surface area contributed by atoms with Crippen LogP contribution in [0.2, 0.25) is 0 Å². The quantitative estimate of drug-likeness (QED) is 0.801. The minimum Gasteiger partial charge on any atom is -0.395 e. The van der Waals surface area contributed by atoms with E-state index in [4.69, 9.17) is 5.73 Å². The predicted octanol–water partition coefficient (Wildman–Crippen LogP) is 3.13. The van der Waals surface area contributed by atoms with Crippen LogP contribution in [0.5, 0.6) is 0 Å². The zero-order valence-electron chi connectivity index (χ0n) is 7.69. The van der Waals surface area contributed by atoms with Crippen LogP contribution in [-0.2, 0) is 0 Å². The molecule has 0 heterocycles. The molecule has 14 heavy (non-hydrogen) atoms. The van der Waals surface area contributed by atoms with Crippen LogP contribution in [0.1, 0.15) is 19.3 Å². The van der Waals surface area contributed by atoms with Crippen molar-refractivity contribution in [3.8, 4) is 0 Å². The van der Waals surface area contributed by atoms with Crippen LogP contribution >= 0.6 is 15.9 Å². The van der Waals surface area contributed by atoms with E-state index in [9.17, 15) is 4.39 Å². The van der Waals surface area contributed by atoms with Crippen molar-refractivity contribution < 1.29 is 4.39 Å². The number of nitrogen functional groups attached to an aromatic ring is 1. The smallest absolute Gasteiger partial charge is 0.149 e. The van der Waals surface area contributed by atoms with E-state index in [1.165, 1.54) is 12.5 Å². The second-order valence-corrected chi connectivity index (χ2v) is 4.54. The lowest BCUT2D eigenvalue weighted by Crippen LogP contribution is -2.27. The maximum Gasteiger partial charge on any atom is 0.149 e. The summed E-state index contributed by atoms with van der Waals surface area (Å²) in [4.78, 5) is 0. The van der Waals surface area contributed by atoms with Crippen molar-refractivity contribution in [3.63, 3.8) is 0 Å². The van der Waals surface area contributed by atoms with Crippen molar-refractivity contribution in [1.29, 1.82) is 0 Å². The van der Waals surface area contributed by atoms with Crippen LogP contribution < -0.4 is 11.1 Å². The summed E-state index contributed by atoms with van der Waals surface area (Å²) >= 11 is 3.24. The number of benzene rings is 1. The molecule has 0 radical (unpaired) electrons. The number of nitrogens with two attached hydrogens (primary N) is 1. The van der Waals surface area contributed by atoms with Gasteiger partial charge in [0, 0.05) is 10.5 Å². The van der Waals surface area contributed by atoms with Gasteiger partial charge in [-0.25, -0.2) is 4.39 Å². The first kappa shape index (κ1) is 9.77. The third-order valence-corrected chi connectivity index (χ3v) is 3.02. The molecule has 76 valence electrons. The molecule has 2 nitrogen and oxygen atoms in total. The first-order chi connectivity index (χ1) is 6.66. The molecule has 4 heteroatoms. The molecular formula is C10H12BrFN2. The zero-order valence-corrected chi connectivity index (χ0v) is 9.27. The van der Waals surface area contributed by atoms with Crippen molar-refractivity contribution in [1.82, 2.24) is 0 Å². The number of hydrogen-bond acceptors (Lipinski definition) is 2. The van der Waals surface area contributed by atoms with Crippen molar-refractivity contribution in [2.75, 3.05) is 11.1 Å². The first-order valence-electron chi connectivity index (χ1n) is 4.68. The first-order valence-corrected chi connectivity index (χ1v) is 5.47. The average Bonchev–Trinajstić information content (AvgIpc) is 2.05. The molecule has 0 aliphatic heterocycles. The molecule has 0 unspecified atom stereocenters. The van der Waals surface area contributed by atoms with Crippen LogP contribution in [0.15, 0.2) is 16.6 Å². The minimum absolute atomic E-state index is 0.208. The number of rotatable bonds is 2. The minimum atomic E-state index is -0.374. The largest absolute Gasteiger partial charge is 0.395 e. The lowest BCUT2D eigenvalue weighted by Gasteiger charge is -2.28. The second kappa shape index (κ2) is 3.77. The molecule has 0 saturated heterocycles. The summed E-state index contributed by atoms with van der Waals surface area (Å²) in [6.07, 6.45) is 3.54. The van der Waals surface area contributed by atoms with Gasteiger partial charge in [0.05, 0.1) is 11.4 Å². The van der Waals surface area contributed by atoms with Gasteiger partial charge in [0.15, 0.2) is 0 Å². The van der Waals surface area contributed by atoms with Crippen molar-refractivity contribution in [3.05, 3.63) is 22.4 Å². The number of hydrogen-bond donors (Lipinski definition) is 2. The number of nitrogens with one attached hydrogen (secondary N) is 1. The van der Waals surface area contributed by atoms with E-state index in [0.29, 0.717) is 16.2 Å². The van der Waals surface area contributed by atoms with Gasteiger partial charge < -0.3 is 11.1 Å². The molecule has 0 amide bonds. The Hall–Kier alpha value is -0.770. The Bertz CT molecular complexity index is 350. The third-order valence-electron chi connectivity index (χ3n) is 2.56. The molecule has 0 spiro atoms. The molecule has 0 atom stereocenters. The summed E-state index contributed by atoms with van der Waals surface area (Å²) in [5.74, 6) is -0.374. The van der Waals surface area contributed by atoms with E-state index in [0.717, 1.165) is 12.8 Å². The molecule has 1 aromatic carbocycles. The van der Waals surface area contributed by atoms with Gasteiger partial charge in [0.25, 0.3) is 0 Å². The maximum atomic E-state index is 13.2. The van der Waals surface area contributed by atoms with Gasteiger partial charge in [-0.2, -0.15) is 0 Å². The molecular weight excluding hydrogens is 247 g/mol. The van der Waals surface area contributed by atoms with Crippen LogP contribution in [0, 0.1) is 5.82 Å². The average molecular weight is 259 g/mol. The summed E-state index contributed by atoms with van der Waals surface area (Å²) in [5, 5.41) is 3.23. The predicted molar refractivity (Wildman–Crippen MR) is 59.8 cm³/mol. The summed E-state index contributed by atoms with van der Waals surface area (Å²) in [7, 11) is 0. The Balaban J connectivity index is 2.22. The molecule has 0 aromatic heterocycles. The molecule has 1 aromatic rings. The van der Waals surface area contributed by atoms with Gasteiger partial charge in [-0.15, -0.1) is 0 Å². The number of anilines is 2. The highest BCUT2D eigenvalue weighted by Gasteiger charge is 2.18. The second-order valence-electron chi connectivity index (χ2n) is 3.62. The van der Waals surface area contributed by atoms with Gasteiger partial charge in [-0.05, 0) is 31.4 Å². The van der Waals surface area contributed by atoms with E-state index in [1.54, 1.807) is 0 Å². The molecule has 2 rings (SSSR count). The van der Waals surface area contributed by atoms with Gasteiger partial charge in [0.1, 0.15) is 5.82 Å². The highest BCUT2D eigenvalue weighted by molar-refractivity contribution is 9.10. The fourth-order valence-electron chi connectivity index (χ4n) is 1.48. The Labute approximate surface area is 90.8 Å². The molecule has 0 bridgehead atoms. The Morgan fingerprint density at radius 3 is 2.71 bits per heavy atom. The Morgan fingerprint density at radius 2 is 2.14 bits per heavy atom. The van der Waals surface area contributed by atoms with E-state index in [-0.39, 0.29) is 11.5 Å². The SMILES string of the molecule is Nc1c(F)cc(Br)cc1NC1CCC1. The van der Waals surface area contributed by atoms with E-state index in [1.807, 2.05) is 6.07 Å². The monoisotopic (exact) mass is 258 g/mol. The summed E-state index contributed by atoms with van der Waals surface area (Å²) in [6, 6.07) is 3.66. The van der Waals surface area contributed by atoms with Gasteiger partial charge in [-0.1, -0.05) is 15.9 Å². The number of halogens is 2. The van der Waals surface area contributed by atoms with Gasteiger partial charge in [0.2, 0.25) is 0 Å². The molecule has 1 saturated carbocycles. The standard InChI is InChI=1S/C10H12BrFN2/c11-6-4-8(12)10(13)9(5-6)14-7-2-1-3-7/h4-5,7,14H,1-3,13H2. The fraction of sp³-hybridized carbons (Fsp3) is 0.400.